The number of piperidine rings is 1. The summed E-state index contributed by atoms with van der Waals surface area (Å²) >= 11 is 0. The fourth-order valence-corrected chi connectivity index (χ4v) is 3.58. The van der Waals surface area contributed by atoms with Gasteiger partial charge in [-0.3, -0.25) is 4.79 Å². The highest BCUT2D eigenvalue weighted by atomic mass is 16.1. The molecular formula is C16H22N2O. The molecule has 102 valence electrons. The Hall–Kier alpha value is -1.35. The maximum Gasteiger partial charge on any atom is 0.251 e. The first-order valence-corrected chi connectivity index (χ1v) is 7.23. The van der Waals surface area contributed by atoms with E-state index in [0.717, 1.165) is 24.0 Å². The van der Waals surface area contributed by atoms with Gasteiger partial charge in [-0.2, -0.15) is 0 Å². The van der Waals surface area contributed by atoms with Crippen LogP contribution in [-0.2, 0) is 0 Å². The number of rotatable bonds is 2. The van der Waals surface area contributed by atoms with Gasteiger partial charge in [0.1, 0.15) is 0 Å². The molecule has 2 aliphatic heterocycles. The fraction of sp³-hybridized carbons (Fsp3) is 0.562. The van der Waals surface area contributed by atoms with Crippen LogP contribution >= 0.6 is 0 Å². The Labute approximate surface area is 115 Å². The minimum absolute atomic E-state index is 0.0812. The quantitative estimate of drug-likeness (QED) is 0.883. The molecule has 19 heavy (non-hydrogen) atoms. The summed E-state index contributed by atoms with van der Waals surface area (Å²) in [5.41, 5.74) is 1.92. The summed E-state index contributed by atoms with van der Waals surface area (Å²) in [4.78, 5) is 14.8. The second-order valence-corrected chi connectivity index (χ2v) is 6.06. The summed E-state index contributed by atoms with van der Waals surface area (Å²) < 4.78 is 0. The predicted octanol–water partition coefficient (Wildman–Crippen LogP) is 2.35. The molecule has 2 bridgehead atoms. The molecule has 1 N–H and O–H groups in total. The largest absolute Gasteiger partial charge is 0.349 e. The molecule has 2 heterocycles. The van der Waals surface area contributed by atoms with Crippen LogP contribution in [0.5, 0.6) is 0 Å². The van der Waals surface area contributed by atoms with Crippen molar-refractivity contribution in [3.05, 3.63) is 35.4 Å². The van der Waals surface area contributed by atoms with Crippen LogP contribution < -0.4 is 5.32 Å². The van der Waals surface area contributed by atoms with Crippen molar-refractivity contribution in [2.75, 3.05) is 7.05 Å². The summed E-state index contributed by atoms with van der Waals surface area (Å²) in [5, 5.41) is 3.22. The molecule has 0 unspecified atom stereocenters. The standard InChI is InChI=1S/C16H22N2O/c1-11-4-3-5-12(8-11)16(19)17-13-9-14-6-7-15(10-13)18(14)2/h3-5,8,13-15H,6-7,9-10H2,1-2H3,(H,17,19)/t14-,15-/m0/s1. The van der Waals surface area contributed by atoms with E-state index in [4.69, 9.17) is 0 Å². The van der Waals surface area contributed by atoms with Crippen LogP contribution in [0.4, 0.5) is 0 Å². The molecule has 0 radical (unpaired) electrons. The van der Waals surface area contributed by atoms with Crippen LogP contribution in [0, 0.1) is 6.92 Å². The van der Waals surface area contributed by atoms with Crippen molar-refractivity contribution < 1.29 is 4.79 Å². The van der Waals surface area contributed by atoms with E-state index in [9.17, 15) is 4.79 Å². The first kappa shape index (κ1) is 12.7. The van der Waals surface area contributed by atoms with E-state index in [2.05, 4.69) is 17.3 Å². The number of carbonyl (C=O) groups is 1. The molecule has 0 spiro atoms. The van der Waals surface area contributed by atoms with E-state index >= 15 is 0 Å². The van der Waals surface area contributed by atoms with Crippen molar-refractivity contribution in [2.45, 2.75) is 50.7 Å². The number of aryl methyl sites for hydroxylation is 1. The molecule has 0 aliphatic carbocycles. The maximum absolute atomic E-state index is 12.3. The zero-order chi connectivity index (χ0) is 13.4. The summed E-state index contributed by atoms with van der Waals surface area (Å²) in [6.07, 6.45) is 4.78. The Morgan fingerprint density at radius 1 is 1.26 bits per heavy atom. The number of hydrogen-bond donors (Lipinski definition) is 1. The van der Waals surface area contributed by atoms with Crippen molar-refractivity contribution in [1.29, 1.82) is 0 Å². The van der Waals surface area contributed by atoms with Gasteiger partial charge in [0.2, 0.25) is 0 Å². The van der Waals surface area contributed by atoms with Crippen LogP contribution in [0.1, 0.15) is 41.6 Å². The smallest absolute Gasteiger partial charge is 0.251 e. The van der Waals surface area contributed by atoms with Crippen LogP contribution in [0.15, 0.2) is 24.3 Å². The van der Waals surface area contributed by atoms with Gasteiger partial charge in [0.15, 0.2) is 0 Å². The van der Waals surface area contributed by atoms with Gasteiger partial charge in [0.05, 0.1) is 0 Å². The molecular weight excluding hydrogens is 236 g/mol. The van der Waals surface area contributed by atoms with Crippen molar-refractivity contribution in [2.24, 2.45) is 0 Å². The number of carbonyl (C=O) groups excluding carboxylic acids is 1. The minimum Gasteiger partial charge on any atom is -0.349 e. The Balaban J connectivity index is 1.65. The molecule has 2 atom stereocenters. The van der Waals surface area contributed by atoms with Crippen LogP contribution in [0.2, 0.25) is 0 Å². The number of hydrogen-bond acceptors (Lipinski definition) is 2. The fourth-order valence-electron chi connectivity index (χ4n) is 3.58. The number of amides is 1. The van der Waals surface area contributed by atoms with Gasteiger partial charge in [-0.05, 0) is 51.8 Å². The highest BCUT2D eigenvalue weighted by Crippen LogP contribution is 2.34. The van der Waals surface area contributed by atoms with Crippen LogP contribution in [0.25, 0.3) is 0 Å². The third-order valence-corrected chi connectivity index (χ3v) is 4.71. The van der Waals surface area contributed by atoms with E-state index in [-0.39, 0.29) is 5.91 Å². The molecule has 0 aromatic heterocycles. The maximum atomic E-state index is 12.3. The molecule has 1 amide bonds. The first-order valence-electron chi connectivity index (χ1n) is 7.23. The highest BCUT2D eigenvalue weighted by Gasteiger charge is 2.38. The first-order chi connectivity index (χ1) is 9.13. The van der Waals surface area contributed by atoms with Crippen molar-refractivity contribution in [3.8, 4) is 0 Å². The topological polar surface area (TPSA) is 32.3 Å². The van der Waals surface area contributed by atoms with E-state index in [0.29, 0.717) is 18.1 Å². The Kier molecular flexibility index (Phi) is 3.31. The second-order valence-electron chi connectivity index (χ2n) is 6.06. The lowest BCUT2D eigenvalue weighted by molar-refractivity contribution is 0.0882. The lowest BCUT2D eigenvalue weighted by atomic mass is 9.97. The average molecular weight is 258 g/mol. The van der Waals surface area contributed by atoms with E-state index < -0.39 is 0 Å². The molecule has 2 saturated heterocycles. The number of benzene rings is 1. The third-order valence-electron chi connectivity index (χ3n) is 4.71. The summed E-state index contributed by atoms with van der Waals surface area (Å²) in [7, 11) is 2.22. The zero-order valence-electron chi connectivity index (χ0n) is 11.7. The van der Waals surface area contributed by atoms with Gasteiger partial charge >= 0.3 is 0 Å². The van der Waals surface area contributed by atoms with Crippen molar-refractivity contribution in [3.63, 3.8) is 0 Å². The average Bonchev–Trinajstić information content (AvgIpc) is 2.62. The molecule has 0 saturated carbocycles. The number of fused-ring (bicyclic) bond motifs is 2. The SMILES string of the molecule is Cc1cccc(C(=O)NC2C[C@@H]3CC[C@@H](C2)N3C)c1. The third kappa shape index (κ3) is 2.52. The van der Waals surface area contributed by atoms with E-state index in [1.54, 1.807) is 0 Å². The molecule has 2 fully saturated rings. The van der Waals surface area contributed by atoms with Gasteiger partial charge in [-0.1, -0.05) is 17.7 Å². The lowest BCUT2D eigenvalue weighted by Crippen LogP contribution is -2.48. The summed E-state index contributed by atoms with van der Waals surface area (Å²) in [5.74, 6) is 0.0812. The summed E-state index contributed by atoms with van der Waals surface area (Å²) in [6, 6.07) is 9.50. The Morgan fingerprint density at radius 3 is 2.58 bits per heavy atom. The van der Waals surface area contributed by atoms with Crippen LogP contribution in [-0.4, -0.2) is 36.0 Å². The monoisotopic (exact) mass is 258 g/mol. The lowest BCUT2D eigenvalue weighted by Gasteiger charge is -2.36. The highest BCUT2D eigenvalue weighted by molar-refractivity contribution is 5.94. The van der Waals surface area contributed by atoms with Gasteiger partial charge in [0.25, 0.3) is 5.91 Å². The Bertz CT molecular complexity index is 471. The molecule has 3 nitrogen and oxygen atoms in total. The van der Waals surface area contributed by atoms with Crippen LogP contribution in [0.3, 0.4) is 0 Å². The number of nitrogens with zero attached hydrogens (tertiary/aromatic N) is 1. The van der Waals surface area contributed by atoms with Gasteiger partial charge < -0.3 is 10.2 Å². The molecule has 2 aliphatic rings. The predicted molar refractivity (Wildman–Crippen MR) is 76.2 cm³/mol. The normalized spacial score (nSPS) is 30.3. The molecule has 1 aromatic rings. The minimum atomic E-state index is 0.0812. The number of nitrogens with one attached hydrogen (secondary N) is 1. The van der Waals surface area contributed by atoms with Gasteiger partial charge in [0, 0.05) is 23.7 Å². The Morgan fingerprint density at radius 2 is 1.95 bits per heavy atom. The second kappa shape index (κ2) is 4.97. The molecule has 1 aromatic carbocycles. The van der Waals surface area contributed by atoms with Gasteiger partial charge in [-0.25, -0.2) is 0 Å². The van der Waals surface area contributed by atoms with Crippen molar-refractivity contribution >= 4 is 5.91 Å². The zero-order valence-corrected chi connectivity index (χ0v) is 11.7. The molecule has 3 rings (SSSR count). The van der Waals surface area contributed by atoms with Gasteiger partial charge in [-0.15, -0.1) is 0 Å². The van der Waals surface area contributed by atoms with E-state index in [1.165, 1.54) is 12.8 Å². The molecule has 3 heteroatoms. The summed E-state index contributed by atoms with van der Waals surface area (Å²) in [6.45, 7) is 2.02. The van der Waals surface area contributed by atoms with Crippen molar-refractivity contribution in [1.82, 2.24) is 10.2 Å². The van der Waals surface area contributed by atoms with E-state index in [1.807, 2.05) is 31.2 Å².